The van der Waals surface area contributed by atoms with Gasteiger partial charge in [0.25, 0.3) is 0 Å². The monoisotopic (exact) mass is 267 g/mol. The van der Waals surface area contributed by atoms with Crippen molar-refractivity contribution in [3.63, 3.8) is 0 Å². The number of pyridine rings is 1. The topological polar surface area (TPSA) is 62.3 Å². The van der Waals surface area contributed by atoms with Gasteiger partial charge in [0.05, 0.1) is 24.8 Å². The summed E-state index contributed by atoms with van der Waals surface area (Å²) in [5, 5.41) is 3.16. The fourth-order valence-corrected chi connectivity index (χ4v) is 2.11. The minimum atomic E-state index is -0.166. The lowest BCUT2D eigenvalue weighted by Crippen LogP contribution is -2.24. The van der Waals surface area contributed by atoms with Crippen molar-refractivity contribution >= 4 is 28.9 Å². The minimum Gasteiger partial charge on any atom is -0.340 e. The number of amides is 1. The summed E-state index contributed by atoms with van der Waals surface area (Å²) >= 11 is 0. The molecule has 0 saturated carbocycles. The van der Waals surface area contributed by atoms with Crippen LogP contribution >= 0.6 is 0 Å². The van der Waals surface area contributed by atoms with Crippen molar-refractivity contribution in [1.82, 2.24) is 4.98 Å². The Balaban J connectivity index is 1.75. The molecule has 0 unspecified atom stereocenters. The standard InChI is InChI=1S/C15H13N3O2/c19-13-8-15(20)18(10-13)12-6-7-14(16-9-12)17-11-4-2-1-3-5-11/h1-7,9H,8,10H2,(H,16,17). The van der Waals surface area contributed by atoms with E-state index in [1.165, 1.54) is 4.90 Å². The summed E-state index contributed by atoms with van der Waals surface area (Å²) in [7, 11) is 0. The van der Waals surface area contributed by atoms with Gasteiger partial charge in [0.15, 0.2) is 5.78 Å². The van der Waals surface area contributed by atoms with Gasteiger partial charge >= 0.3 is 0 Å². The smallest absolute Gasteiger partial charge is 0.234 e. The average Bonchev–Trinajstić information content (AvgIpc) is 2.80. The zero-order chi connectivity index (χ0) is 13.9. The molecule has 1 aliphatic heterocycles. The summed E-state index contributed by atoms with van der Waals surface area (Å²) in [6.45, 7) is 0.145. The molecular formula is C15H13N3O2. The van der Waals surface area contributed by atoms with Crippen LogP contribution in [0.4, 0.5) is 17.2 Å². The van der Waals surface area contributed by atoms with Crippen molar-refractivity contribution in [1.29, 1.82) is 0 Å². The van der Waals surface area contributed by atoms with Crippen LogP contribution in [0.25, 0.3) is 0 Å². The van der Waals surface area contributed by atoms with Crippen molar-refractivity contribution < 1.29 is 9.59 Å². The molecule has 5 nitrogen and oxygen atoms in total. The lowest BCUT2D eigenvalue weighted by Gasteiger charge is -2.14. The fourth-order valence-electron chi connectivity index (χ4n) is 2.11. The third-order valence-electron chi connectivity index (χ3n) is 3.09. The lowest BCUT2D eigenvalue weighted by atomic mass is 10.3. The maximum absolute atomic E-state index is 11.6. The van der Waals surface area contributed by atoms with E-state index >= 15 is 0 Å². The summed E-state index contributed by atoms with van der Waals surface area (Å²) in [6.07, 6.45) is 1.59. The first-order chi connectivity index (χ1) is 9.72. The number of para-hydroxylation sites is 1. The van der Waals surface area contributed by atoms with Crippen LogP contribution < -0.4 is 10.2 Å². The molecule has 1 aromatic carbocycles. The highest BCUT2D eigenvalue weighted by Crippen LogP contribution is 2.21. The van der Waals surface area contributed by atoms with Gasteiger partial charge in [-0.3, -0.25) is 9.59 Å². The van der Waals surface area contributed by atoms with Crippen LogP contribution in [0, 0.1) is 0 Å². The van der Waals surface area contributed by atoms with Gasteiger partial charge in [-0.15, -0.1) is 0 Å². The Morgan fingerprint density at radius 2 is 1.85 bits per heavy atom. The molecule has 1 fully saturated rings. The number of nitrogens with zero attached hydrogens (tertiary/aromatic N) is 2. The van der Waals surface area contributed by atoms with Crippen molar-refractivity contribution in [2.45, 2.75) is 6.42 Å². The maximum Gasteiger partial charge on any atom is 0.234 e. The fraction of sp³-hybridized carbons (Fsp3) is 0.133. The van der Waals surface area contributed by atoms with E-state index in [1.54, 1.807) is 18.3 Å². The molecule has 1 amide bonds. The van der Waals surface area contributed by atoms with E-state index in [1.807, 2.05) is 30.3 Å². The van der Waals surface area contributed by atoms with Crippen molar-refractivity contribution in [3.8, 4) is 0 Å². The summed E-state index contributed by atoms with van der Waals surface area (Å²) in [5.41, 5.74) is 1.60. The van der Waals surface area contributed by atoms with Gasteiger partial charge in [-0.1, -0.05) is 18.2 Å². The number of carbonyl (C=O) groups is 2. The number of rotatable bonds is 3. The van der Waals surface area contributed by atoms with E-state index in [9.17, 15) is 9.59 Å². The third-order valence-corrected chi connectivity index (χ3v) is 3.09. The zero-order valence-electron chi connectivity index (χ0n) is 10.7. The molecule has 2 aromatic rings. The van der Waals surface area contributed by atoms with Crippen LogP contribution in [-0.4, -0.2) is 23.2 Å². The number of benzene rings is 1. The summed E-state index contributed by atoms with van der Waals surface area (Å²) < 4.78 is 0. The second-order valence-electron chi connectivity index (χ2n) is 4.59. The number of ketones is 1. The van der Waals surface area contributed by atoms with E-state index in [-0.39, 0.29) is 24.7 Å². The van der Waals surface area contributed by atoms with Crippen LogP contribution in [-0.2, 0) is 9.59 Å². The number of anilines is 3. The van der Waals surface area contributed by atoms with E-state index in [0.717, 1.165) is 5.69 Å². The summed E-state index contributed by atoms with van der Waals surface area (Å²) in [5.74, 6) is 0.472. The Bertz CT molecular complexity index is 638. The van der Waals surface area contributed by atoms with E-state index in [0.29, 0.717) is 11.5 Å². The number of Topliss-reactive ketones (excluding diaryl/α,β-unsaturated/α-hetero) is 1. The highest BCUT2D eigenvalue weighted by Gasteiger charge is 2.28. The predicted molar refractivity (Wildman–Crippen MR) is 75.9 cm³/mol. The number of aromatic nitrogens is 1. The maximum atomic E-state index is 11.6. The molecule has 5 heteroatoms. The van der Waals surface area contributed by atoms with Gasteiger partial charge in [0, 0.05) is 5.69 Å². The van der Waals surface area contributed by atoms with Crippen LogP contribution in [0.1, 0.15) is 6.42 Å². The van der Waals surface area contributed by atoms with Crippen LogP contribution in [0.5, 0.6) is 0 Å². The quantitative estimate of drug-likeness (QED) is 0.865. The van der Waals surface area contributed by atoms with Gasteiger partial charge in [-0.05, 0) is 24.3 Å². The van der Waals surface area contributed by atoms with Gasteiger partial charge in [0.2, 0.25) is 5.91 Å². The second-order valence-corrected chi connectivity index (χ2v) is 4.59. The average molecular weight is 267 g/mol. The van der Waals surface area contributed by atoms with E-state index < -0.39 is 0 Å². The Hall–Kier alpha value is -2.69. The molecule has 2 heterocycles. The van der Waals surface area contributed by atoms with E-state index in [2.05, 4.69) is 10.3 Å². The molecule has 0 aliphatic carbocycles. The molecule has 0 radical (unpaired) electrons. The van der Waals surface area contributed by atoms with Gasteiger partial charge in [0.1, 0.15) is 5.82 Å². The molecule has 0 spiro atoms. The molecule has 1 N–H and O–H groups in total. The number of nitrogens with one attached hydrogen (secondary N) is 1. The minimum absolute atomic E-state index is 0.00990. The van der Waals surface area contributed by atoms with Crippen LogP contribution in [0.3, 0.4) is 0 Å². The molecule has 100 valence electrons. The largest absolute Gasteiger partial charge is 0.340 e. The molecule has 3 rings (SSSR count). The lowest BCUT2D eigenvalue weighted by molar-refractivity contribution is -0.121. The molecule has 1 aliphatic rings. The highest BCUT2D eigenvalue weighted by atomic mass is 16.2. The molecule has 1 saturated heterocycles. The van der Waals surface area contributed by atoms with Crippen molar-refractivity contribution in [2.75, 3.05) is 16.8 Å². The van der Waals surface area contributed by atoms with Crippen molar-refractivity contribution in [3.05, 3.63) is 48.7 Å². The Kier molecular flexibility index (Phi) is 3.16. The Morgan fingerprint density at radius 1 is 1.05 bits per heavy atom. The molecule has 20 heavy (non-hydrogen) atoms. The van der Waals surface area contributed by atoms with Crippen molar-refractivity contribution in [2.24, 2.45) is 0 Å². The number of hydrogen-bond donors (Lipinski definition) is 1. The van der Waals surface area contributed by atoms with E-state index in [4.69, 9.17) is 0 Å². The molecule has 1 aromatic heterocycles. The summed E-state index contributed by atoms with van der Waals surface area (Å²) in [6, 6.07) is 13.3. The number of carbonyl (C=O) groups excluding carboxylic acids is 2. The second kappa shape index (κ2) is 5.13. The number of hydrogen-bond acceptors (Lipinski definition) is 4. The van der Waals surface area contributed by atoms with Gasteiger partial charge in [-0.2, -0.15) is 0 Å². The molecule has 0 bridgehead atoms. The molecule has 0 atom stereocenters. The normalized spacial score (nSPS) is 14.7. The Labute approximate surface area is 116 Å². The van der Waals surface area contributed by atoms with Gasteiger partial charge in [-0.25, -0.2) is 4.98 Å². The third kappa shape index (κ3) is 2.51. The first-order valence-electron chi connectivity index (χ1n) is 6.32. The molecular weight excluding hydrogens is 254 g/mol. The first-order valence-corrected chi connectivity index (χ1v) is 6.32. The first kappa shape index (κ1) is 12.3. The predicted octanol–water partition coefficient (Wildman–Crippen LogP) is 2.13. The Morgan fingerprint density at radius 3 is 2.45 bits per heavy atom. The van der Waals surface area contributed by atoms with Crippen LogP contribution in [0.15, 0.2) is 48.7 Å². The summed E-state index contributed by atoms with van der Waals surface area (Å²) in [4.78, 5) is 28.6. The van der Waals surface area contributed by atoms with Crippen LogP contribution in [0.2, 0.25) is 0 Å². The zero-order valence-corrected chi connectivity index (χ0v) is 10.7. The van der Waals surface area contributed by atoms with Gasteiger partial charge < -0.3 is 10.2 Å². The highest BCUT2D eigenvalue weighted by molar-refractivity contribution is 6.14. The SMILES string of the molecule is O=C1CC(=O)N(c2ccc(Nc3ccccc3)nc2)C1.